The number of aliphatic hydroxyl groups is 1. The monoisotopic (exact) mass is 915 g/mol. The maximum absolute atomic E-state index is 13.2. The normalized spacial score (nSPS) is 11.4. The number of ketones is 1. The summed E-state index contributed by atoms with van der Waals surface area (Å²) in [6.07, 6.45) is 3.94. The summed E-state index contributed by atoms with van der Waals surface area (Å²) < 4.78 is 8.16. The topological polar surface area (TPSA) is 224 Å². The largest absolute Gasteiger partial charge is 0.478 e. The minimum absolute atomic E-state index is 0.00447. The molecule has 4 N–H and O–H groups in total. The smallest absolute Gasteiger partial charge is 0.337 e. The Hall–Kier alpha value is -7.26. The second kappa shape index (κ2) is 20.9. The number of nitrogens with zero attached hydrogens (tertiary/aromatic N) is 5. The van der Waals surface area contributed by atoms with Gasteiger partial charge in [-0.15, -0.1) is 5.10 Å². The fourth-order valence-corrected chi connectivity index (χ4v) is 6.66. The number of carbonyl (C=O) groups is 5. The summed E-state index contributed by atoms with van der Waals surface area (Å²) in [6, 6.07) is 20.4. The zero-order valence-electron chi connectivity index (χ0n) is 40.5. The Balaban J connectivity index is 0.000000248. The van der Waals surface area contributed by atoms with E-state index in [-0.39, 0.29) is 57.3 Å². The van der Waals surface area contributed by atoms with Crippen LogP contribution in [0, 0.1) is 13.8 Å². The first-order chi connectivity index (χ1) is 31.0. The molecule has 0 spiro atoms. The number of hydrogen-bond acceptors (Lipinski definition) is 10. The molecule has 2 aromatic heterocycles. The predicted molar refractivity (Wildman–Crippen MR) is 255 cm³/mol. The minimum atomic E-state index is -1.12. The summed E-state index contributed by atoms with van der Waals surface area (Å²) in [5.74, 6) is -3.80. The molecule has 15 heteroatoms. The van der Waals surface area contributed by atoms with Crippen LogP contribution in [0.4, 0.5) is 0 Å². The van der Waals surface area contributed by atoms with Crippen molar-refractivity contribution in [3.63, 3.8) is 0 Å². The van der Waals surface area contributed by atoms with E-state index in [9.17, 15) is 29.1 Å². The van der Waals surface area contributed by atoms with Crippen LogP contribution in [0.15, 0.2) is 85.2 Å². The molecule has 6 rings (SSSR count). The number of hydrogen-bond donors (Lipinski definition) is 4. The number of aliphatic hydroxyl groups excluding tert-OH is 1. The molecule has 0 bridgehead atoms. The number of carbonyl (C=O) groups excluding carboxylic acids is 2. The average molecular weight is 916 g/mol. The van der Waals surface area contributed by atoms with E-state index in [0.717, 1.165) is 50.5 Å². The molecule has 15 nitrogen and oxygen atoms in total. The van der Waals surface area contributed by atoms with Gasteiger partial charge < -0.3 is 25.2 Å². The molecule has 0 saturated heterocycles. The molecule has 6 aromatic rings. The fraction of sp³-hybridized carbons (Fsp3) is 0.346. The lowest BCUT2D eigenvalue weighted by Crippen LogP contribution is -2.15. The Morgan fingerprint density at radius 3 is 1.55 bits per heavy atom. The molecule has 0 aliphatic heterocycles. The van der Waals surface area contributed by atoms with Gasteiger partial charge in [-0.05, 0) is 118 Å². The molecule has 0 atom stereocenters. The number of benzene rings is 4. The van der Waals surface area contributed by atoms with E-state index in [2.05, 4.69) is 40.9 Å². The van der Waals surface area contributed by atoms with Gasteiger partial charge in [0.25, 0.3) is 0 Å². The van der Waals surface area contributed by atoms with Gasteiger partial charge in [0.1, 0.15) is 5.69 Å². The average Bonchev–Trinajstić information content (AvgIpc) is 3.88. The molecule has 0 amide bonds. The van der Waals surface area contributed by atoms with E-state index in [4.69, 9.17) is 15.3 Å². The maximum Gasteiger partial charge on any atom is 0.337 e. The van der Waals surface area contributed by atoms with Crippen molar-refractivity contribution in [1.82, 2.24) is 24.8 Å². The zero-order valence-corrected chi connectivity index (χ0v) is 40.5. The van der Waals surface area contributed by atoms with Crippen LogP contribution in [0.3, 0.4) is 0 Å². The Labute approximate surface area is 391 Å². The number of rotatable bonds is 10. The quantitative estimate of drug-likeness (QED) is 0.0743. The standard InChI is InChI=1S/C27H31N5O2.C13H16O4.C12H14O4/c1-17-7-8-19(12-26(34)21-9-20(16-33)10-22(13-21)27(3,4)5)11-25(17)32-15-24(29-30-32)23-14-28-31(6)18(23)2;1-13(2,3)10-6-8(11(14)15)5-9(7-10)12(16)17-4;1-12(2,3)9-5-7(10(13)14)4-8(6-9)11(15)16/h7-11,13-15,33H,12,16H2,1-6H3;5-7H,1-4H3,(H,14,15);4-6H,1-3H3,(H,13,14)(H,15,16). The third-order valence-electron chi connectivity index (χ3n) is 11.0. The van der Waals surface area contributed by atoms with Crippen LogP contribution in [0.25, 0.3) is 16.9 Å². The van der Waals surface area contributed by atoms with Crippen molar-refractivity contribution in [3.05, 3.63) is 152 Å². The van der Waals surface area contributed by atoms with Crippen molar-refractivity contribution < 1.29 is 49.1 Å². The van der Waals surface area contributed by atoms with Gasteiger partial charge in [-0.25, -0.2) is 23.9 Å². The molecule has 354 valence electrons. The molecular weight excluding hydrogens is 855 g/mol. The molecular formula is C52H61N5O10. The van der Waals surface area contributed by atoms with Gasteiger partial charge in [-0.3, -0.25) is 9.48 Å². The molecule has 0 saturated carbocycles. The van der Waals surface area contributed by atoms with E-state index < -0.39 is 23.9 Å². The minimum Gasteiger partial charge on any atom is -0.478 e. The molecule has 0 radical (unpaired) electrons. The highest BCUT2D eigenvalue weighted by Crippen LogP contribution is 2.29. The molecule has 0 aliphatic rings. The molecule has 0 fully saturated rings. The third kappa shape index (κ3) is 13.6. The van der Waals surface area contributed by atoms with E-state index in [1.807, 2.05) is 104 Å². The Kier molecular flexibility index (Phi) is 16.4. The summed E-state index contributed by atoms with van der Waals surface area (Å²) in [4.78, 5) is 57.4. The summed E-state index contributed by atoms with van der Waals surface area (Å²) in [6.45, 7) is 21.8. The van der Waals surface area contributed by atoms with Gasteiger partial charge in [-0.1, -0.05) is 85.7 Å². The Morgan fingerprint density at radius 1 is 0.627 bits per heavy atom. The van der Waals surface area contributed by atoms with Gasteiger partial charge in [0, 0.05) is 30.3 Å². The first-order valence-electron chi connectivity index (χ1n) is 21.4. The van der Waals surface area contributed by atoms with Crippen molar-refractivity contribution in [2.24, 2.45) is 7.05 Å². The molecule has 4 aromatic carbocycles. The lowest BCUT2D eigenvalue weighted by Gasteiger charge is -2.21. The summed E-state index contributed by atoms with van der Waals surface area (Å²) in [5, 5.41) is 49.4. The number of aromatic carboxylic acids is 3. The zero-order chi connectivity index (χ0) is 50.3. The second-order valence-electron chi connectivity index (χ2n) is 19.4. The first-order valence-corrected chi connectivity index (χ1v) is 21.4. The molecule has 67 heavy (non-hydrogen) atoms. The van der Waals surface area contributed by atoms with E-state index in [1.165, 1.54) is 31.4 Å². The molecule has 0 aliphatic carbocycles. The van der Waals surface area contributed by atoms with Crippen molar-refractivity contribution in [2.75, 3.05) is 7.11 Å². The lowest BCUT2D eigenvalue weighted by molar-refractivity contribution is 0.0598. The molecule has 0 unspecified atom stereocenters. The van der Waals surface area contributed by atoms with Gasteiger partial charge in [-0.2, -0.15) is 5.10 Å². The highest BCUT2D eigenvalue weighted by atomic mass is 16.5. The van der Waals surface area contributed by atoms with Crippen LogP contribution in [0.2, 0.25) is 0 Å². The van der Waals surface area contributed by atoms with Gasteiger partial charge in [0.15, 0.2) is 5.78 Å². The fourth-order valence-electron chi connectivity index (χ4n) is 6.66. The number of carboxylic acids is 3. The Bertz CT molecular complexity index is 2780. The van der Waals surface area contributed by atoms with Crippen molar-refractivity contribution in [3.8, 4) is 16.9 Å². The summed E-state index contributed by atoms with van der Waals surface area (Å²) >= 11 is 0. The van der Waals surface area contributed by atoms with Crippen LogP contribution in [-0.4, -0.2) is 82.0 Å². The SMILES string of the molecule is CC(C)(C)c1cc(C(=O)O)cc(C(=O)O)c1.COC(=O)c1cc(C(=O)O)cc(C(C)(C)C)c1.Cc1ccc(CC(=O)c2cc(CO)cc(C(C)(C)C)c2)cc1-n1cc(-c2cnn(C)c2C)nn1. The third-order valence-corrected chi connectivity index (χ3v) is 11.0. The maximum atomic E-state index is 13.2. The van der Waals surface area contributed by atoms with Gasteiger partial charge in [0.2, 0.25) is 0 Å². The van der Waals surface area contributed by atoms with Crippen molar-refractivity contribution in [1.29, 1.82) is 0 Å². The van der Waals surface area contributed by atoms with Gasteiger partial charge in [0.05, 0.1) is 54.1 Å². The van der Waals surface area contributed by atoms with Crippen LogP contribution in [0.1, 0.15) is 153 Å². The van der Waals surface area contributed by atoms with Crippen molar-refractivity contribution in [2.45, 2.75) is 105 Å². The van der Waals surface area contributed by atoms with E-state index >= 15 is 0 Å². The number of aromatic nitrogens is 5. The van der Waals surface area contributed by atoms with Crippen LogP contribution < -0.4 is 0 Å². The van der Waals surface area contributed by atoms with Gasteiger partial charge >= 0.3 is 23.9 Å². The summed E-state index contributed by atoms with van der Waals surface area (Å²) in [5.41, 5.74) is 9.15. The number of methoxy groups -OCH3 is 1. The lowest BCUT2D eigenvalue weighted by atomic mass is 9.84. The number of carboxylic acid groups (broad SMARTS) is 3. The highest BCUT2D eigenvalue weighted by Gasteiger charge is 2.22. The van der Waals surface area contributed by atoms with E-state index in [1.54, 1.807) is 29.1 Å². The highest BCUT2D eigenvalue weighted by molar-refractivity contribution is 5.98. The van der Waals surface area contributed by atoms with Crippen LogP contribution in [-0.2, 0) is 41.1 Å². The number of ether oxygens (including phenoxy) is 1. The number of aryl methyl sites for hydroxylation is 2. The molecule has 2 heterocycles. The second-order valence-corrected chi connectivity index (χ2v) is 19.4. The predicted octanol–water partition coefficient (Wildman–Crippen LogP) is 9.35. The number of Topliss-reactive ketones (excluding diaryl/α,β-unsaturated/α-hetero) is 1. The van der Waals surface area contributed by atoms with Crippen LogP contribution >= 0.6 is 0 Å². The van der Waals surface area contributed by atoms with Crippen LogP contribution in [0.5, 0.6) is 0 Å². The van der Waals surface area contributed by atoms with Crippen molar-refractivity contribution >= 4 is 29.7 Å². The summed E-state index contributed by atoms with van der Waals surface area (Å²) in [7, 11) is 3.17. The first kappa shape index (κ1) is 52.4. The number of esters is 1. The van der Waals surface area contributed by atoms with E-state index in [0.29, 0.717) is 11.1 Å². The Morgan fingerprint density at radius 2 is 1.10 bits per heavy atom.